The average molecular weight is 506 g/mol. The van der Waals surface area contributed by atoms with Crippen molar-refractivity contribution in [3.8, 4) is 5.75 Å². The number of carboxylic acids is 1. The van der Waals surface area contributed by atoms with E-state index in [2.05, 4.69) is 0 Å². The summed E-state index contributed by atoms with van der Waals surface area (Å²) in [6.45, 7) is 0.116. The molecule has 0 unspecified atom stereocenters. The maximum Gasteiger partial charge on any atom is 0.416 e. The van der Waals surface area contributed by atoms with E-state index < -0.39 is 35.8 Å². The fraction of sp³-hybridized carbons (Fsp3) is 0.400. The minimum absolute atomic E-state index is 0.0649. The zero-order chi connectivity index (χ0) is 26.2. The van der Waals surface area contributed by atoms with E-state index in [0.29, 0.717) is 18.5 Å². The molecule has 0 saturated carbocycles. The number of alkyl halides is 3. The molecule has 0 radical (unpaired) electrons. The topological polar surface area (TPSA) is 96.4 Å². The Morgan fingerprint density at radius 1 is 1.14 bits per heavy atom. The lowest BCUT2D eigenvalue weighted by Crippen LogP contribution is -2.53. The zero-order valence-corrected chi connectivity index (χ0v) is 19.6. The second-order valence-corrected chi connectivity index (χ2v) is 8.89. The fourth-order valence-corrected chi connectivity index (χ4v) is 4.53. The van der Waals surface area contributed by atoms with Gasteiger partial charge in [0.2, 0.25) is 0 Å². The molecule has 2 aliphatic rings. The molecular weight excluding hydrogens is 481 g/mol. The predicted molar refractivity (Wildman–Crippen MR) is 122 cm³/mol. The Hall–Kier alpha value is -3.60. The van der Waals surface area contributed by atoms with Gasteiger partial charge in [-0.05, 0) is 55.3 Å². The molecule has 4 rings (SSSR count). The van der Waals surface area contributed by atoms with Gasteiger partial charge in [-0.2, -0.15) is 13.2 Å². The fourth-order valence-electron chi connectivity index (χ4n) is 4.53. The van der Waals surface area contributed by atoms with Gasteiger partial charge in [-0.15, -0.1) is 0 Å². The Labute approximate surface area is 205 Å². The molecule has 2 aromatic rings. The number of likely N-dealkylation sites (N-methyl/N-ethyl adjacent to an activating group) is 1. The lowest BCUT2D eigenvalue weighted by atomic mass is 9.94. The summed E-state index contributed by atoms with van der Waals surface area (Å²) in [6.07, 6.45) is -4.54. The largest absolute Gasteiger partial charge is 0.490 e. The van der Waals surface area contributed by atoms with Crippen LogP contribution >= 0.6 is 0 Å². The van der Waals surface area contributed by atoms with Crippen LogP contribution in [0.3, 0.4) is 0 Å². The third kappa shape index (κ3) is 5.15. The first-order valence-corrected chi connectivity index (χ1v) is 11.3. The average Bonchev–Trinajstić information content (AvgIpc) is 2.84. The van der Waals surface area contributed by atoms with E-state index in [4.69, 9.17) is 14.6 Å². The van der Waals surface area contributed by atoms with E-state index in [0.717, 1.165) is 24.3 Å². The Morgan fingerprint density at radius 3 is 2.47 bits per heavy atom. The summed E-state index contributed by atoms with van der Waals surface area (Å²) in [7, 11) is 3.10. The number of hydrogen-bond donors (Lipinski definition) is 1. The van der Waals surface area contributed by atoms with Gasteiger partial charge in [-0.1, -0.05) is 0 Å². The minimum Gasteiger partial charge on any atom is -0.490 e. The number of anilines is 1. The second kappa shape index (κ2) is 9.81. The number of nitrogens with zero attached hydrogens (tertiary/aromatic N) is 2. The number of carbonyl (C=O) groups excluding carboxylic acids is 2. The summed E-state index contributed by atoms with van der Waals surface area (Å²) in [6, 6.07) is 8.22. The van der Waals surface area contributed by atoms with Gasteiger partial charge in [0.15, 0.2) is 0 Å². The molecule has 0 aromatic heterocycles. The number of halogens is 3. The van der Waals surface area contributed by atoms with E-state index in [1.54, 1.807) is 24.1 Å². The van der Waals surface area contributed by atoms with Gasteiger partial charge in [0.05, 0.1) is 29.7 Å². The molecule has 11 heteroatoms. The third-order valence-corrected chi connectivity index (χ3v) is 6.55. The number of fused-ring (bicyclic) bond motifs is 2. The molecule has 2 aliphatic heterocycles. The van der Waals surface area contributed by atoms with Gasteiger partial charge in [0, 0.05) is 25.3 Å². The van der Waals surface area contributed by atoms with Crippen molar-refractivity contribution in [2.75, 3.05) is 25.6 Å². The molecule has 36 heavy (non-hydrogen) atoms. The molecule has 8 nitrogen and oxygen atoms in total. The molecule has 0 spiro atoms. The highest BCUT2D eigenvalue weighted by Gasteiger charge is 2.39. The summed E-state index contributed by atoms with van der Waals surface area (Å²) in [5, 5.41) is 9.06. The van der Waals surface area contributed by atoms with Crippen LogP contribution in [0.4, 0.5) is 18.9 Å². The van der Waals surface area contributed by atoms with Crippen molar-refractivity contribution in [1.29, 1.82) is 0 Å². The molecule has 2 amide bonds. The number of aliphatic carboxylic acids is 1. The van der Waals surface area contributed by atoms with E-state index in [9.17, 15) is 27.6 Å². The van der Waals surface area contributed by atoms with Crippen molar-refractivity contribution in [1.82, 2.24) is 4.90 Å². The van der Waals surface area contributed by atoms with Gasteiger partial charge in [-0.25, -0.2) is 0 Å². The minimum atomic E-state index is -4.50. The summed E-state index contributed by atoms with van der Waals surface area (Å²) in [5.41, 5.74) is -0.196. The van der Waals surface area contributed by atoms with Gasteiger partial charge >= 0.3 is 12.1 Å². The van der Waals surface area contributed by atoms with Crippen LogP contribution < -0.4 is 9.64 Å². The third-order valence-electron chi connectivity index (χ3n) is 6.55. The van der Waals surface area contributed by atoms with Crippen molar-refractivity contribution in [2.24, 2.45) is 0 Å². The van der Waals surface area contributed by atoms with Crippen LogP contribution in [-0.4, -0.2) is 66.7 Å². The predicted octanol–water partition coefficient (Wildman–Crippen LogP) is 3.84. The second-order valence-electron chi connectivity index (χ2n) is 8.89. The number of carboxylic acid groups (broad SMARTS) is 1. The van der Waals surface area contributed by atoms with Gasteiger partial charge in [0.25, 0.3) is 11.8 Å². The molecule has 192 valence electrons. The summed E-state index contributed by atoms with van der Waals surface area (Å²) < 4.78 is 50.3. The van der Waals surface area contributed by atoms with Crippen LogP contribution in [0.1, 0.15) is 45.5 Å². The molecule has 2 aromatic carbocycles. The lowest BCUT2D eigenvalue weighted by molar-refractivity contribution is -0.148. The van der Waals surface area contributed by atoms with Crippen molar-refractivity contribution >= 4 is 23.5 Å². The first kappa shape index (κ1) is 25.5. The van der Waals surface area contributed by atoms with Gasteiger partial charge < -0.3 is 24.4 Å². The van der Waals surface area contributed by atoms with Crippen molar-refractivity contribution < 1.29 is 42.1 Å². The van der Waals surface area contributed by atoms with Gasteiger partial charge in [0.1, 0.15) is 18.5 Å². The quantitative estimate of drug-likeness (QED) is 0.677. The SMILES string of the molecule is CN(C(=O)c1ccc(C(F)(F)F)cc1)c1ccc2c(c1)C(=O)N(C)[C@H]1CC[C@@H](CC(=O)O)O[C@H]1CO2. The number of hydrogen-bond acceptors (Lipinski definition) is 5. The highest BCUT2D eigenvalue weighted by atomic mass is 19.4. The van der Waals surface area contributed by atoms with Crippen LogP contribution in [0.15, 0.2) is 42.5 Å². The van der Waals surface area contributed by atoms with Crippen molar-refractivity contribution in [2.45, 2.75) is 43.7 Å². The molecule has 1 fully saturated rings. The highest BCUT2D eigenvalue weighted by Crippen LogP contribution is 2.34. The molecular formula is C25H25F3N2O6. The number of amides is 2. The van der Waals surface area contributed by atoms with E-state index in [1.165, 1.54) is 18.0 Å². The van der Waals surface area contributed by atoms with Crippen LogP contribution in [0.2, 0.25) is 0 Å². The monoisotopic (exact) mass is 506 g/mol. The number of rotatable bonds is 4. The van der Waals surface area contributed by atoms with E-state index in [1.807, 2.05) is 0 Å². The first-order valence-electron chi connectivity index (χ1n) is 11.3. The first-order chi connectivity index (χ1) is 17.0. The summed E-state index contributed by atoms with van der Waals surface area (Å²) >= 11 is 0. The van der Waals surface area contributed by atoms with Crippen LogP contribution in [0.25, 0.3) is 0 Å². The molecule has 1 saturated heterocycles. The summed E-state index contributed by atoms with van der Waals surface area (Å²) in [5.74, 6) is -1.56. The van der Waals surface area contributed by atoms with Gasteiger partial charge in [-0.3, -0.25) is 14.4 Å². The Bertz CT molecular complexity index is 1170. The molecule has 2 heterocycles. The van der Waals surface area contributed by atoms with E-state index >= 15 is 0 Å². The normalized spacial score (nSPS) is 22.0. The lowest BCUT2D eigenvalue weighted by Gasteiger charge is -2.42. The summed E-state index contributed by atoms with van der Waals surface area (Å²) in [4.78, 5) is 40.1. The standard InChI is InChI=1S/C25H25F3N2O6/c1-29(23(33)14-3-5-15(6-4-14)25(26,27)28)16-7-10-20-18(11-16)24(34)30(2)19-9-8-17(12-22(31)32)36-21(19)13-35-20/h3-7,10-11,17,19,21H,8-9,12-13H2,1-2H3,(H,31,32)/t17-,19-,21-/m0/s1. The van der Waals surface area contributed by atoms with Crippen LogP contribution in [0, 0.1) is 0 Å². The smallest absolute Gasteiger partial charge is 0.416 e. The maximum atomic E-state index is 13.3. The molecule has 1 N–H and O–H groups in total. The van der Waals surface area contributed by atoms with E-state index in [-0.39, 0.29) is 41.9 Å². The molecule has 0 bridgehead atoms. The maximum absolute atomic E-state index is 13.3. The number of carbonyl (C=O) groups is 3. The molecule has 3 atom stereocenters. The van der Waals surface area contributed by atoms with Crippen molar-refractivity contribution in [3.05, 3.63) is 59.2 Å². The Balaban J connectivity index is 1.55. The number of benzene rings is 2. The van der Waals surface area contributed by atoms with Crippen LogP contribution in [-0.2, 0) is 15.7 Å². The van der Waals surface area contributed by atoms with Crippen LogP contribution in [0.5, 0.6) is 5.75 Å². The zero-order valence-electron chi connectivity index (χ0n) is 19.6. The Morgan fingerprint density at radius 2 is 1.83 bits per heavy atom. The van der Waals surface area contributed by atoms with Crippen molar-refractivity contribution in [3.63, 3.8) is 0 Å². The Kier molecular flexibility index (Phi) is 6.94. The number of ether oxygens (including phenoxy) is 2. The molecule has 0 aliphatic carbocycles. The highest BCUT2D eigenvalue weighted by molar-refractivity contribution is 6.07.